The Morgan fingerprint density at radius 2 is 2.16 bits per heavy atom. The standard InChI is InChI=1S/C19H20ClN3OS/c1-3-4-16-8-6-14(12-21)19(22-16)25-10-9-18(24)23-17-11-15(20)7-5-13(17)2/h5-8,11H,3-4,9-10H2,1-2H3,(H,23,24). The Balaban J connectivity index is 1.94. The Labute approximate surface area is 157 Å². The summed E-state index contributed by atoms with van der Waals surface area (Å²) >= 11 is 7.40. The van der Waals surface area contributed by atoms with Crippen LogP contribution in [0, 0.1) is 18.3 Å². The highest BCUT2D eigenvalue weighted by Gasteiger charge is 2.09. The van der Waals surface area contributed by atoms with Crippen molar-refractivity contribution in [3.05, 3.63) is 52.2 Å². The van der Waals surface area contributed by atoms with Crippen molar-refractivity contribution in [1.29, 1.82) is 5.26 Å². The van der Waals surface area contributed by atoms with Crippen LogP contribution in [-0.4, -0.2) is 16.6 Å². The van der Waals surface area contributed by atoms with E-state index in [2.05, 4.69) is 23.3 Å². The van der Waals surface area contributed by atoms with E-state index in [1.54, 1.807) is 18.2 Å². The molecule has 25 heavy (non-hydrogen) atoms. The third kappa shape index (κ3) is 5.77. The Morgan fingerprint density at radius 1 is 1.36 bits per heavy atom. The number of carbonyl (C=O) groups is 1. The van der Waals surface area contributed by atoms with Crippen molar-refractivity contribution in [2.75, 3.05) is 11.1 Å². The minimum atomic E-state index is -0.0823. The normalized spacial score (nSPS) is 10.3. The van der Waals surface area contributed by atoms with Gasteiger partial charge in [-0.1, -0.05) is 31.0 Å². The molecule has 4 nitrogen and oxygen atoms in total. The Morgan fingerprint density at radius 3 is 2.88 bits per heavy atom. The first-order valence-corrected chi connectivity index (χ1v) is 9.48. The number of carbonyl (C=O) groups excluding carboxylic acids is 1. The topological polar surface area (TPSA) is 65.8 Å². The Hall–Kier alpha value is -2.03. The minimum absolute atomic E-state index is 0.0823. The summed E-state index contributed by atoms with van der Waals surface area (Å²) in [5, 5.41) is 13.4. The van der Waals surface area contributed by atoms with Crippen molar-refractivity contribution in [3.63, 3.8) is 0 Å². The number of rotatable bonds is 7. The number of nitrogens with zero attached hydrogens (tertiary/aromatic N) is 2. The second kappa shape index (κ2) is 9.45. The van der Waals surface area contributed by atoms with Crippen LogP contribution in [0.3, 0.4) is 0 Å². The van der Waals surface area contributed by atoms with Crippen LogP contribution in [0.1, 0.15) is 36.6 Å². The molecule has 1 aromatic heterocycles. The van der Waals surface area contributed by atoms with Gasteiger partial charge in [0.05, 0.1) is 5.56 Å². The van der Waals surface area contributed by atoms with Gasteiger partial charge in [0.25, 0.3) is 0 Å². The van der Waals surface area contributed by atoms with Gasteiger partial charge in [0.2, 0.25) is 5.91 Å². The number of aromatic nitrogens is 1. The second-order valence-electron chi connectivity index (χ2n) is 5.62. The molecule has 0 atom stereocenters. The fraction of sp³-hybridized carbons (Fsp3) is 0.316. The van der Waals surface area contributed by atoms with Gasteiger partial charge in [-0.3, -0.25) is 4.79 Å². The van der Waals surface area contributed by atoms with Gasteiger partial charge in [-0.15, -0.1) is 11.8 Å². The molecule has 1 amide bonds. The van der Waals surface area contributed by atoms with Gasteiger partial charge >= 0.3 is 0 Å². The summed E-state index contributed by atoms with van der Waals surface area (Å²) in [6, 6.07) is 11.3. The average Bonchev–Trinajstić information content (AvgIpc) is 2.59. The van der Waals surface area contributed by atoms with Crippen LogP contribution in [0.2, 0.25) is 5.02 Å². The first-order valence-electron chi connectivity index (χ1n) is 8.12. The molecule has 1 heterocycles. The number of aryl methyl sites for hydroxylation is 2. The number of amides is 1. The van der Waals surface area contributed by atoms with Gasteiger partial charge in [-0.2, -0.15) is 5.26 Å². The molecule has 1 aromatic carbocycles. The molecule has 0 saturated heterocycles. The summed E-state index contributed by atoms with van der Waals surface area (Å²) < 4.78 is 0. The molecular formula is C19H20ClN3OS. The van der Waals surface area contributed by atoms with Gasteiger partial charge in [0.1, 0.15) is 11.1 Å². The van der Waals surface area contributed by atoms with Gasteiger partial charge < -0.3 is 5.32 Å². The molecule has 0 saturated carbocycles. The molecule has 0 fully saturated rings. The van der Waals surface area contributed by atoms with Gasteiger partial charge in [-0.25, -0.2) is 4.98 Å². The zero-order valence-corrected chi connectivity index (χ0v) is 15.9. The van der Waals surface area contributed by atoms with E-state index in [4.69, 9.17) is 11.6 Å². The molecule has 6 heteroatoms. The van der Waals surface area contributed by atoms with E-state index in [0.717, 1.165) is 29.8 Å². The maximum Gasteiger partial charge on any atom is 0.225 e. The average molecular weight is 374 g/mol. The van der Waals surface area contributed by atoms with Gasteiger partial charge in [-0.05, 0) is 43.2 Å². The molecule has 1 N–H and O–H groups in total. The lowest BCUT2D eigenvalue weighted by atomic mass is 10.2. The summed E-state index contributed by atoms with van der Waals surface area (Å²) in [6.07, 6.45) is 2.22. The summed E-state index contributed by atoms with van der Waals surface area (Å²) in [7, 11) is 0. The van der Waals surface area contributed by atoms with Crippen molar-refractivity contribution in [2.24, 2.45) is 0 Å². The van der Waals surface area contributed by atoms with Crippen LogP contribution in [0.25, 0.3) is 0 Å². The fourth-order valence-corrected chi connectivity index (χ4v) is 3.36. The van der Waals surface area contributed by atoms with Crippen LogP contribution < -0.4 is 5.32 Å². The van der Waals surface area contributed by atoms with Crippen molar-refractivity contribution >= 4 is 35.0 Å². The number of benzene rings is 1. The maximum atomic E-state index is 12.1. The van der Waals surface area contributed by atoms with Gasteiger partial charge in [0, 0.05) is 28.6 Å². The number of pyridine rings is 1. The van der Waals surface area contributed by atoms with Crippen molar-refractivity contribution in [2.45, 2.75) is 38.1 Å². The van der Waals surface area contributed by atoms with Crippen LogP contribution in [-0.2, 0) is 11.2 Å². The van der Waals surface area contributed by atoms with Crippen LogP contribution in [0.15, 0.2) is 35.4 Å². The lowest BCUT2D eigenvalue weighted by Crippen LogP contribution is -2.13. The highest BCUT2D eigenvalue weighted by Crippen LogP contribution is 2.23. The van der Waals surface area contributed by atoms with E-state index in [1.165, 1.54) is 11.8 Å². The highest BCUT2D eigenvalue weighted by molar-refractivity contribution is 7.99. The van der Waals surface area contributed by atoms with E-state index in [9.17, 15) is 10.1 Å². The van der Waals surface area contributed by atoms with Crippen LogP contribution >= 0.6 is 23.4 Å². The predicted molar refractivity (Wildman–Crippen MR) is 103 cm³/mol. The Kier molecular flexibility index (Phi) is 7.30. The number of halogens is 1. The summed E-state index contributed by atoms with van der Waals surface area (Å²) in [4.78, 5) is 16.7. The summed E-state index contributed by atoms with van der Waals surface area (Å²) in [5.41, 5.74) is 3.22. The number of hydrogen-bond acceptors (Lipinski definition) is 4. The molecule has 0 aliphatic heterocycles. The SMILES string of the molecule is CCCc1ccc(C#N)c(SCCC(=O)Nc2cc(Cl)ccc2C)n1. The maximum absolute atomic E-state index is 12.1. The number of hydrogen-bond donors (Lipinski definition) is 1. The minimum Gasteiger partial charge on any atom is -0.326 e. The number of anilines is 1. The molecule has 2 rings (SSSR count). The molecule has 0 spiro atoms. The van der Waals surface area contributed by atoms with E-state index < -0.39 is 0 Å². The van der Waals surface area contributed by atoms with Crippen LogP contribution in [0.4, 0.5) is 5.69 Å². The predicted octanol–water partition coefficient (Wildman–Crippen LogP) is 4.99. The first-order chi connectivity index (χ1) is 12.0. The number of nitriles is 1. The van der Waals surface area contributed by atoms with E-state index in [1.807, 2.05) is 19.1 Å². The number of nitrogens with one attached hydrogen (secondary N) is 1. The smallest absolute Gasteiger partial charge is 0.225 e. The Bertz CT molecular complexity index is 802. The molecule has 0 aliphatic rings. The van der Waals surface area contributed by atoms with E-state index in [0.29, 0.717) is 27.8 Å². The van der Waals surface area contributed by atoms with Crippen molar-refractivity contribution < 1.29 is 4.79 Å². The monoisotopic (exact) mass is 373 g/mol. The molecule has 0 aliphatic carbocycles. The zero-order valence-electron chi connectivity index (χ0n) is 14.3. The second-order valence-corrected chi connectivity index (χ2v) is 7.14. The summed E-state index contributed by atoms with van der Waals surface area (Å²) in [5.74, 6) is 0.476. The van der Waals surface area contributed by atoms with Gasteiger partial charge in [0.15, 0.2) is 0 Å². The molecule has 130 valence electrons. The molecule has 0 bridgehead atoms. The summed E-state index contributed by atoms with van der Waals surface area (Å²) in [6.45, 7) is 4.01. The van der Waals surface area contributed by atoms with E-state index >= 15 is 0 Å². The van der Waals surface area contributed by atoms with Crippen LogP contribution in [0.5, 0.6) is 0 Å². The quantitative estimate of drug-likeness (QED) is 0.694. The molecular weight excluding hydrogens is 354 g/mol. The lowest BCUT2D eigenvalue weighted by Gasteiger charge is -2.09. The molecule has 0 unspecified atom stereocenters. The third-order valence-corrected chi connectivity index (χ3v) is 4.81. The largest absolute Gasteiger partial charge is 0.326 e. The fourth-order valence-electron chi connectivity index (χ4n) is 2.25. The third-order valence-electron chi connectivity index (χ3n) is 3.59. The van der Waals surface area contributed by atoms with E-state index in [-0.39, 0.29) is 5.91 Å². The first kappa shape index (κ1) is 19.3. The highest BCUT2D eigenvalue weighted by atomic mass is 35.5. The van der Waals surface area contributed by atoms with Crippen molar-refractivity contribution in [3.8, 4) is 6.07 Å². The zero-order chi connectivity index (χ0) is 18.2. The molecule has 0 radical (unpaired) electrons. The lowest BCUT2D eigenvalue weighted by molar-refractivity contribution is -0.115. The molecule has 2 aromatic rings. The number of thioether (sulfide) groups is 1. The van der Waals surface area contributed by atoms with Crippen molar-refractivity contribution in [1.82, 2.24) is 4.98 Å².